The van der Waals surface area contributed by atoms with Crippen molar-refractivity contribution in [3.05, 3.63) is 28.7 Å². The molecule has 1 rings (SSSR count). The minimum Gasteiger partial charge on any atom is -0.326 e. The summed E-state index contributed by atoms with van der Waals surface area (Å²) in [5.41, 5.74) is 0.771. The van der Waals surface area contributed by atoms with Gasteiger partial charge in [-0.3, -0.25) is 9.69 Å². The molecule has 1 aromatic rings. The van der Waals surface area contributed by atoms with Crippen LogP contribution in [0, 0.1) is 11.3 Å². The smallest absolute Gasteiger partial charge is 0.225 e. The van der Waals surface area contributed by atoms with Crippen LogP contribution in [0.2, 0.25) is 0 Å². The molecule has 0 saturated carbocycles. The van der Waals surface area contributed by atoms with Crippen molar-refractivity contribution in [1.29, 1.82) is 5.26 Å². The summed E-state index contributed by atoms with van der Waals surface area (Å²) in [6.45, 7) is 0.914. The molecule has 0 aromatic heterocycles. The molecule has 4 nitrogen and oxygen atoms in total. The molecule has 1 N–H and O–H groups in total. The van der Waals surface area contributed by atoms with Gasteiger partial charge in [-0.1, -0.05) is 22.0 Å². The van der Waals surface area contributed by atoms with Gasteiger partial charge in [0.2, 0.25) is 5.91 Å². The van der Waals surface area contributed by atoms with Crippen LogP contribution in [0.5, 0.6) is 0 Å². The summed E-state index contributed by atoms with van der Waals surface area (Å²) in [5, 5.41) is 11.3. The fourth-order valence-electron chi connectivity index (χ4n) is 1.28. The van der Waals surface area contributed by atoms with Crippen molar-refractivity contribution in [2.24, 2.45) is 0 Å². The summed E-state index contributed by atoms with van der Waals surface area (Å²) in [4.78, 5) is 13.4. The molecule has 0 saturated heterocycles. The van der Waals surface area contributed by atoms with Crippen molar-refractivity contribution in [2.45, 2.75) is 6.42 Å². The Bertz CT molecular complexity index is 428. The Morgan fingerprint density at radius 3 is 3.00 bits per heavy atom. The summed E-state index contributed by atoms with van der Waals surface area (Å²) in [6, 6.07) is 9.48. The van der Waals surface area contributed by atoms with Crippen LogP contribution in [0.3, 0.4) is 0 Å². The van der Waals surface area contributed by atoms with Crippen molar-refractivity contribution < 1.29 is 4.79 Å². The largest absolute Gasteiger partial charge is 0.326 e. The van der Waals surface area contributed by atoms with Crippen LogP contribution in [0.1, 0.15) is 6.42 Å². The van der Waals surface area contributed by atoms with E-state index in [0.717, 1.165) is 10.2 Å². The minimum atomic E-state index is -0.0483. The van der Waals surface area contributed by atoms with Crippen molar-refractivity contribution in [3.63, 3.8) is 0 Å². The summed E-state index contributed by atoms with van der Waals surface area (Å²) in [7, 11) is 1.82. The van der Waals surface area contributed by atoms with E-state index >= 15 is 0 Å². The number of nitriles is 1. The van der Waals surface area contributed by atoms with Gasteiger partial charge in [-0.15, -0.1) is 0 Å². The van der Waals surface area contributed by atoms with Crippen molar-refractivity contribution in [3.8, 4) is 6.07 Å². The molecule has 5 heteroatoms. The third-order valence-corrected chi connectivity index (χ3v) is 2.66. The van der Waals surface area contributed by atoms with Gasteiger partial charge in [0.05, 0.1) is 12.6 Å². The van der Waals surface area contributed by atoms with Crippen LogP contribution in [-0.4, -0.2) is 30.9 Å². The zero-order valence-corrected chi connectivity index (χ0v) is 11.2. The number of hydrogen-bond acceptors (Lipinski definition) is 3. The van der Waals surface area contributed by atoms with E-state index in [-0.39, 0.29) is 5.91 Å². The average Bonchev–Trinajstić information content (AvgIpc) is 2.27. The molecule has 0 radical (unpaired) electrons. The summed E-state index contributed by atoms with van der Waals surface area (Å²) in [6.07, 6.45) is 0.380. The van der Waals surface area contributed by atoms with Gasteiger partial charge >= 0.3 is 0 Å². The lowest BCUT2D eigenvalue weighted by Crippen LogP contribution is -2.24. The number of anilines is 1. The number of rotatable bonds is 5. The summed E-state index contributed by atoms with van der Waals surface area (Å²) in [5.74, 6) is -0.0483. The molecular formula is C12H14BrN3O. The number of nitrogens with zero attached hydrogens (tertiary/aromatic N) is 2. The molecule has 1 aromatic carbocycles. The van der Waals surface area contributed by atoms with Crippen molar-refractivity contribution in [1.82, 2.24) is 4.90 Å². The Hall–Kier alpha value is -1.38. The van der Waals surface area contributed by atoms with Gasteiger partial charge in [-0.25, -0.2) is 0 Å². The maximum atomic E-state index is 11.6. The highest BCUT2D eigenvalue weighted by molar-refractivity contribution is 9.10. The Labute approximate surface area is 109 Å². The second kappa shape index (κ2) is 7.05. The van der Waals surface area contributed by atoms with Crippen LogP contribution in [0.4, 0.5) is 5.69 Å². The molecule has 0 aliphatic carbocycles. The van der Waals surface area contributed by atoms with E-state index in [4.69, 9.17) is 5.26 Å². The third-order valence-electron chi connectivity index (χ3n) is 2.17. The molecule has 90 valence electrons. The fraction of sp³-hybridized carbons (Fsp3) is 0.333. The topological polar surface area (TPSA) is 56.1 Å². The first-order valence-electron chi connectivity index (χ1n) is 5.22. The van der Waals surface area contributed by atoms with E-state index in [1.807, 2.05) is 37.4 Å². The van der Waals surface area contributed by atoms with Crippen LogP contribution >= 0.6 is 15.9 Å². The Morgan fingerprint density at radius 1 is 1.59 bits per heavy atom. The highest BCUT2D eigenvalue weighted by Gasteiger charge is 2.04. The first-order valence-corrected chi connectivity index (χ1v) is 6.02. The maximum Gasteiger partial charge on any atom is 0.225 e. The molecule has 0 unspecified atom stereocenters. The van der Waals surface area contributed by atoms with E-state index in [1.54, 1.807) is 4.90 Å². The normalized spacial score (nSPS) is 10.0. The average molecular weight is 296 g/mol. The van der Waals surface area contributed by atoms with Gasteiger partial charge in [0, 0.05) is 23.1 Å². The number of amides is 1. The first-order chi connectivity index (χ1) is 8.11. The van der Waals surface area contributed by atoms with Crippen molar-refractivity contribution in [2.75, 3.05) is 25.5 Å². The van der Waals surface area contributed by atoms with Gasteiger partial charge in [0.15, 0.2) is 0 Å². The molecule has 17 heavy (non-hydrogen) atoms. The number of carbonyl (C=O) groups is 1. The van der Waals surface area contributed by atoms with Gasteiger partial charge in [-0.05, 0) is 25.2 Å². The number of carbonyl (C=O) groups excluding carboxylic acids is 1. The van der Waals surface area contributed by atoms with Gasteiger partial charge < -0.3 is 5.32 Å². The Balaban J connectivity index is 2.38. The predicted molar refractivity (Wildman–Crippen MR) is 70.5 cm³/mol. The first kappa shape index (κ1) is 13.7. The number of halogens is 1. The molecule has 0 fully saturated rings. The van der Waals surface area contributed by atoms with Crippen LogP contribution in [0.25, 0.3) is 0 Å². The van der Waals surface area contributed by atoms with E-state index in [2.05, 4.69) is 21.2 Å². The molecule has 0 aliphatic rings. The van der Waals surface area contributed by atoms with E-state index < -0.39 is 0 Å². The number of nitrogens with one attached hydrogen (secondary N) is 1. The summed E-state index contributed by atoms with van der Waals surface area (Å²) >= 11 is 3.34. The quantitative estimate of drug-likeness (QED) is 0.848. The highest BCUT2D eigenvalue weighted by atomic mass is 79.9. The molecule has 0 atom stereocenters. The van der Waals surface area contributed by atoms with E-state index in [0.29, 0.717) is 19.5 Å². The van der Waals surface area contributed by atoms with Crippen molar-refractivity contribution >= 4 is 27.5 Å². The zero-order chi connectivity index (χ0) is 12.7. The zero-order valence-electron chi connectivity index (χ0n) is 9.61. The predicted octanol–water partition coefficient (Wildman–Crippen LogP) is 2.23. The number of benzene rings is 1. The Morgan fingerprint density at radius 2 is 2.35 bits per heavy atom. The third kappa shape index (κ3) is 5.48. The minimum absolute atomic E-state index is 0.0483. The van der Waals surface area contributed by atoms with E-state index in [1.165, 1.54) is 0 Å². The lowest BCUT2D eigenvalue weighted by atomic mass is 10.3. The molecule has 1 amide bonds. The van der Waals surface area contributed by atoms with E-state index in [9.17, 15) is 4.79 Å². The second-order valence-electron chi connectivity index (χ2n) is 3.70. The highest BCUT2D eigenvalue weighted by Crippen LogP contribution is 2.15. The van der Waals surface area contributed by atoms with Crippen LogP contribution in [0.15, 0.2) is 28.7 Å². The fourth-order valence-corrected chi connectivity index (χ4v) is 1.68. The van der Waals surface area contributed by atoms with Crippen LogP contribution < -0.4 is 5.32 Å². The Kier molecular flexibility index (Phi) is 5.67. The SMILES string of the molecule is CN(CC#N)CCC(=O)Nc1cccc(Br)c1. The molecule has 0 aliphatic heterocycles. The molecule has 0 heterocycles. The second-order valence-corrected chi connectivity index (χ2v) is 4.62. The van der Waals surface area contributed by atoms with Gasteiger partial charge in [0.1, 0.15) is 0 Å². The summed E-state index contributed by atoms with van der Waals surface area (Å²) < 4.78 is 0.928. The van der Waals surface area contributed by atoms with Crippen LogP contribution in [-0.2, 0) is 4.79 Å². The monoisotopic (exact) mass is 295 g/mol. The van der Waals surface area contributed by atoms with Gasteiger partial charge in [-0.2, -0.15) is 5.26 Å². The number of hydrogen-bond donors (Lipinski definition) is 1. The maximum absolute atomic E-state index is 11.6. The standard InChI is InChI=1S/C12H14BrN3O/c1-16(8-6-14)7-5-12(17)15-11-4-2-3-10(13)9-11/h2-4,9H,5,7-8H2,1H3,(H,15,17). The molecular weight excluding hydrogens is 282 g/mol. The van der Waals surface area contributed by atoms with Gasteiger partial charge in [0.25, 0.3) is 0 Å². The molecule has 0 spiro atoms. The lowest BCUT2D eigenvalue weighted by Gasteiger charge is -2.12. The lowest BCUT2D eigenvalue weighted by molar-refractivity contribution is -0.116. The molecule has 0 bridgehead atoms.